The molecule has 2 heterocycles. The van der Waals surface area contributed by atoms with Crippen LogP contribution in [-0.4, -0.2) is 33.6 Å². The molecule has 0 radical (unpaired) electrons. The van der Waals surface area contributed by atoms with Crippen molar-refractivity contribution in [2.24, 2.45) is 13.0 Å². The zero-order valence-corrected chi connectivity index (χ0v) is 18.3. The lowest BCUT2D eigenvalue weighted by atomic mass is 9.90. The number of aryl methyl sites for hydroxylation is 1. The average Bonchev–Trinajstić information content (AvgIpc) is 3.06. The fourth-order valence-corrected chi connectivity index (χ4v) is 4.37. The van der Waals surface area contributed by atoms with Gasteiger partial charge in [0.25, 0.3) is 0 Å². The van der Waals surface area contributed by atoms with Gasteiger partial charge in [-0.2, -0.15) is 5.10 Å². The summed E-state index contributed by atoms with van der Waals surface area (Å²) in [6.07, 6.45) is 3.81. The highest BCUT2D eigenvalue weighted by Crippen LogP contribution is 2.26. The van der Waals surface area contributed by atoms with E-state index in [1.54, 1.807) is 4.68 Å². The van der Waals surface area contributed by atoms with E-state index in [2.05, 4.69) is 16.1 Å². The van der Waals surface area contributed by atoms with E-state index in [4.69, 9.17) is 11.6 Å². The van der Waals surface area contributed by atoms with Crippen LogP contribution in [0.5, 0.6) is 0 Å². The van der Waals surface area contributed by atoms with Gasteiger partial charge in [0.15, 0.2) is 5.78 Å². The Bertz CT molecular complexity index is 977. The van der Waals surface area contributed by atoms with E-state index in [0.717, 1.165) is 54.8 Å². The summed E-state index contributed by atoms with van der Waals surface area (Å²) in [5, 5.41) is 6.27. The number of nitrogens with zero attached hydrogens (tertiary/aromatic N) is 3. The normalized spacial score (nSPS) is 15.4. The molecular formula is C23H27Cl2N3O. The Labute approximate surface area is 183 Å². The summed E-state index contributed by atoms with van der Waals surface area (Å²) in [5.74, 6) is 0.775. The molecule has 1 aliphatic heterocycles. The van der Waals surface area contributed by atoms with Crippen LogP contribution >= 0.6 is 24.0 Å². The van der Waals surface area contributed by atoms with Crippen LogP contribution in [0.2, 0.25) is 5.02 Å². The maximum Gasteiger partial charge on any atom is 0.183 e. The number of hydrogen-bond donors (Lipinski definition) is 0. The number of fused-ring (bicyclic) bond motifs is 1. The van der Waals surface area contributed by atoms with Gasteiger partial charge in [0.05, 0.1) is 5.52 Å². The first-order valence-electron chi connectivity index (χ1n) is 10.0. The predicted octanol–water partition coefficient (Wildman–Crippen LogP) is 5.52. The van der Waals surface area contributed by atoms with E-state index in [9.17, 15) is 4.79 Å². The molecular weight excluding hydrogens is 405 g/mol. The second kappa shape index (κ2) is 9.75. The minimum atomic E-state index is 0. The zero-order valence-electron chi connectivity index (χ0n) is 16.7. The summed E-state index contributed by atoms with van der Waals surface area (Å²) in [6, 6.07) is 16.0. The fourth-order valence-electron chi connectivity index (χ4n) is 4.17. The van der Waals surface area contributed by atoms with Crippen LogP contribution in [0.1, 0.15) is 41.7 Å². The predicted molar refractivity (Wildman–Crippen MR) is 121 cm³/mol. The first-order valence-corrected chi connectivity index (χ1v) is 10.4. The highest BCUT2D eigenvalue weighted by atomic mass is 35.5. The maximum atomic E-state index is 12.8. The van der Waals surface area contributed by atoms with Gasteiger partial charge >= 0.3 is 0 Å². The van der Waals surface area contributed by atoms with Gasteiger partial charge in [-0.25, -0.2) is 0 Å². The molecule has 1 aliphatic rings. The summed E-state index contributed by atoms with van der Waals surface area (Å²) in [7, 11) is 1.90. The van der Waals surface area contributed by atoms with Crippen LogP contribution in [0.25, 0.3) is 10.9 Å². The lowest BCUT2D eigenvalue weighted by Gasteiger charge is -2.32. The second-order valence-corrected chi connectivity index (χ2v) is 8.17. The molecule has 0 unspecified atom stereocenters. The molecule has 154 valence electrons. The monoisotopic (exact) mass is 431 g/mol. The third-order valence-electron chi connectivity index (χ3n) is 5.86. The van der Waals surface area contributed by atoms with Crippen LogP contribution in [-0.2, 0) is 13.6 Å². The number of rotatable bonds is 6. The van der Waals surface area contributed by atoms with Crippen molar-refractivity contribution in [3.05, 3.63) is 64.8 Å². The van der Waals surface area contributed by atoms with Crippen molar-refractivity contribution in [2.45, 2.75) is 32.2 Å². The number of halogens is 2. The Morgan fingerprint density at radius 3 is 2.55 bits per heavy atom. The molecule has 0 amide bonds. The fraction of sp³-hybridized carbons (Fsp3) is 0.391. The average molecular weight is 432 g/mol. The van der Waals surface area contributed by atoms with Crippen LogP contribution in [0.4, 0.5) is 0 Å². The van der Waals surface area contributed by atoms with Crippen molar-refractivity contribution < 1.29 is 4.79 Å². The number of para-hydroxylation sites is 1. The molecule has 4 rings (SSSR count). The smallest absolute Gasteiger partial charge is 0.183 e. The molecule has 0 bridgehead atoms. The topological polar surface area (TPSA) is 38.1 Å². The van der Waals surface area contributed by atoms with Crippen molar-refractivity contribution in [2.75, 3.05) is 13.1 Å². The summed E-state index contributed by atoms with van der Waals surface area (Å²) in [5.41, 5.74) is 2.83. The largest absolute Gasteiger partial charge is 0.299 e. The first kappa shape index (κ1) is 21.8. The molecule has 2 aromatic carbocycles. The molecule has 0 atom stereocenters. The van der Waals surface area contributed by atoms with Crippen LogP contribution in [0.3, 0.4) is 0 Å². The maximum absolute atomic E-state index is 12.8. The lowest BCUT2D eigenvalue weighted by molar-refractivity contribution is 0.0957. The number of hydrogen-bond acceptors (Lipinski definition) is 3. The number of piperidine rings is 1. The number of benzene rings is 2. The SMILES string of the molecule is Cl.Cn1nc(C(=O)CCC2CCN(Cc3ccccc3Cl)CC2)c2ccccc21. The molecule has 0 saturated carbocycles. The van der Waals surface area contributed by atoms with Gasteiger partial charge in [-0.15, -0.1) is 12.4 Å². The molecule has 4 nitrogen and oxygen atoms in total. The van der Waals surface area contributed by atoms with Crippen LogP contribution in [0, 0.1) is 5.92 Å². The molecule has 0 aliphatic carbocycles. The minimum absolute atomic E-state index is 0. The van der Waals surface area contributed by atoms with Gasteiger partial charge in [-0.3, -0.25) is 14.4 Å². The number of aromatic nitrogens is 2. The minimum Gasteiger partial charge on any atom is -0.299 e. The number of carbonyl (C=O) groups excluding carboxylic acids is 1. The van der Waals surface area contributed by atoms with Gasteiger partial charge in [-0.1, -0.05) is 48.0 Å². The summed E-state index contributed by atoms with van der Waals surface area (Å²) in [4.78, 5) is 15.2. The van der Waals surface area contributed by atoms with E-state index in [1.807, 2.05) is 49.5 Å². The number of carbonyl (C=O) groups is 1. The van der Waals surface area contributed by atoms with Crippen molar-refractivity contribution in [3.63, 3.8) is 0 Å². The Morgan fingerprint density at radius 2 is 1.79 bits per heavy atom. The van der Waals surface area contributed by atoms with Crippen LogP contribution in [0.15, 0.2) is 48.5 Å². The highest BCUT2D eigenvalue weighted by Gasteiger charge is 2.22. The number of likely N-dealkylation sites (tertiary alicyclic amines) is 1. The number of Topliss-reactive ketones (excluding diaryl/α,β-unsaturated/α-hetero) is 1. The second-order valence-electron chi connectivity index (χ2n) is 7.76. The zero-order chi connectivity index (χ0) is 19.5. The molecule has 6 heteroatoms. The van der Waals surface area contributed by atoms with Gasteiger partial charge in [0.1, 0.15) is 5.69 Å². The van der Waals surface area contributed by atoms with E-state index in [-0.39, 0.29) is 18.2 Å². The third kappa shape index (κ3) is 5.00. The third-order valence-corrected chi connectivity index (χ3v) is 6.23. The molecule has 0 spiro atoms. The van der Waals surface area contributed by atoms with Crippen molar-refractivity contribution in [3.8, 4) is 0 Å². The summed E-state index contributed by atoms with van der Waals surface area (Å²) in [6.45, 7) is 3.04. The molecule has 29 heavy (non-hydrogen) atoms. The van der Waals surface area contributed by atoms with Crippen molar-refractivity contribution in [1.82, 2.24) is 14.7 Å². The Hall–Kier alpha value is -1.88. The first-order chi connectivity index (χ1) is 13.6. The Balaban J connectivity index is 0.00000240. The van der Waals surface area contributed by atoms with Gasteiger partial charge < -0.3 is 0 Å². The molecule has 3 aromatic rings. The quantitative estimate of drug-likeness (QED) is 0.481. The van der Waals surface area contributed by atoms with Crippen molar-refractivity contribution >= 4 is 40.7 Å². The summed E-state index contributed by atoms with van der Waals surface area (Å²) < 4.78 is 1.80. The lowest BCUT2D eigenvalue weighted by Crippen LogP contribution is -2.33. The molecule has 0 N–H and O–H groups in total. The van der Waals surface area contributed by atoms with Crippen molar-refractivity contribution in [1.29, 1.82) is 0 Å². The van der Waals surface area contributed by atoms with E-state index in [1.165, 1.54) is 5.56 Å². The van der Waals surface area contributed by atoms with Gasteiger partial charge in [0.2, 0.25) is 0 Å². The van der Waals surface area contributed by atoms with Gasteiger partial charge in [-0.05, 0) is 56.0 Å². The van der Waals surface area contributed by atoms with E-state index < -0.39 is 0 Å². The molecule has 1 aromatic heterocycles. The standard InChI is InChI=1S/C23H26ClN3O.ClH/c1-26-21-9-5-3-7-19(21)23(25-26)22(28)11-10-17-12-14-27(15-13-17)16-18-6-2-4-8-20(18)24;/h2-9,17H,10-16H2,1H3;1H. The van der Waals surface area contributed by atoms with Crippen LogP contribution < -0.4 is 0 Å². The highest BCUT2D eigenvalue weighted by molar-refractivity contribution is 6.31. The van der Waals surface area contributed by atoms with Gasteiger partial charge in [0, 0.05) is 30.4 Å². The Morgan fingerprint density at radius 1 is 1.10 bits per heavy atom. The Kier molecular flexibility index (Phi) is 7.33. The summed E-state index contributed by atoms with van der Waals surface area (Å²) >= 11 is 6.29. The molecule has 1 fully saturated rings. The van der Waals surface area contributed by atoms with E-state index in [0.29, 0.717) is 18.0 Å². The molecule has 1 saturated heterocycles. The van der Waals surface area contributed by atoms with E-state index >= 15 is 0 Å². The number of ketones is 1.